The second-order valence-electron chi connectivity index (χ2n) is 16.4. The lowest BCUT2D eigenvalue weighted by Gasteiger charge is -2.23. The first kappa shape index (κ1) is 51.6. The Bertz CT molecular complexity index is 775. The van der Waals surface area contributed by atoms with Crippen molar-refractivity contribution in [2.24, 2.45) is 5.92 Å². The smallest absolute Gasteiger partial charge is 0.330 e. The average Bonchev–Trinajstić information content (AvgIpc) is 3.16. The molecule has 0 aliphatic carbocycles. The molecular weight excluding hydrogens is 647 g/mol. The number of allylic oxidation sites excluding steroid dienone is 5. The summed E-state index contributed by atoms with van der Waals surface area (Å²) < 4.78 is 5.46. The van der Waals surface area contributed by atoms with Crippen molar-refractivity contribution in [3.05, 3.63) is 36.5 Å². The number of esters is 1. The summed E-state index contributed by atoms with van der Waals surface area (Å²) in [5.74, 6) is 0.616. The van der Waals surface area contributed by atoms with Gasteiger partial charge in [0.1, 0.15) is 0 Å². The molecule has 0 heterocycles. The summed E-state index contributed by atoms with van der Waals surface area (Å²) >= 11 is 0. The summed E-state index contributed by atoms with van der Waals surface area (Å²) in [5.41, 5.74) is 0. The van der Waals surface area contributed by atoms with E-state index in [1.165, 1.54) is 212 Å². The largest absolute Gasteiger partial charge is 0.463 e. The van der Waals surface area contributed by atoms with Gasteiger partial charge in [-0.1, -0.05) is 186 Å². The molecule has 0 aliphatic rings. The van der Waals surface area contributed by atoms with Crippen LogP contribution in [-0.4, -0.2) is 25.2 Å². The molecule has 1 N–H and O–H groups in total. The number of ether oxygens (including phenoxy) is 1. The molecule has 0 aromatic carbocycles. The number of carbonyl (C=O) groups excluding carboxylic acids is 1. The van der Waals surface area contributed by atoms with E-state index in [0.29, 0.717) is 12.6 Å². The number of rotatable bonds is 43. The van der Waals surface area contributed by atoms with Crippen LogP contribution in [0.15, 0.2) is 36.5 Å². The van der Waals surface area contributed by atoms with Crippen molar-refractivity contribution >= 4 is 5.97 Å². The number of unbranched alkanes of at least 4 members (excludes halogenated alkanes) is 24. The predicted octanol–water partition coefficient (Wildman–Crippen LogP) is 16.5. The van der Waals surface area contributed by atoms with Crippen molar-refractivity contribution in [1.29, 1.82) is 0 Å². The van der Waals surface area contributed by atoms with Crippen molar-refractivity contribution in [3.8, 4) is 0 Å². The van der Waals surface area contributed by atoms with Gasteiger partial charge in [0.05, 0.1) is 6.61 Å². The minimum absolute atomic E-state index is 0.160. The van der Waals surface area contributed by atoms with Crippen LogP contribution in [0.2, 0.25) is 0 Å². The molecule has 1 unspecified atom stereocenters. The Morgan fingerprint density at radius 1 is 0.434 bits per heavy atom. The van der Waals surface area contributed by atoms with E-state index in [4.69, 9.17) is 4.74 Å². The van der Waals surface area contributed by atoms with Gasteiger partial charge in [0.25, 0.3) is 0 Å². The molecule has 0 saturated heterocycles. The molecule has 0 aliphatic heterocycles. The Morgan fingerprint density at radius 3 is 1.32 bits per heavy atom. The minimum atomic E-state index is -0.160. The topological polar surface area (TPSA) is 38.3 Å². The van der Waals surface area contributed by atoms with Gasteiger partial charge in [0.15, 0.2) is 0 Å². The summed E-state index contributed by atoms with van der Waals surface area (Å²) in [6, 6.07) is 0.620. The van der Waals surface area contributed by atoms with Crippen LogP contribution in [0.25, 0.3) is 0 Å². The Kier molecular flexibility index (Phi) is 43.9. The number of carbonyl (C=O) groups is 1. The molecule has 1 atom stereocenters. The fraction of sp³-hybridized carbons (Fsp3) is 0.860. The van der Waals surface area contributed by atoms with Gasteiger partial charge in [-0.3, -0.25) is 0 Å². The maximum absolute atomic E-state index is 12.2. The highest BCUT2D eigenvalue weighted by molar-refractivity contribution is 5.81. The number of nitrogens with one attached hydrogen (secondary N) is 1. The van der Waals surface area contributed by atoms with E-state index in [1.54, 1.807) is 6.08 Å². The molecule has 0 rings (SSSR count). The number of hydrogen-bond donors (Lipinski definition) is 1. The monoisotopic (exact) mass is 742 g/mol. The van der Waals surface area contributed by atoms with Gasteiger partial charge >= 0.3 is 5.97 Å². The third-order valence-electron chi connectivity index (χ3n) is 11.0. The Hall–Kier alpha value is -1.35. The summed E-state index contributed by atoms with van der Waals surface area (Å²) in [5, 5.41) is 4.12. The molecule has 0 saturated carbocycles. The first-order chi connectivity index (χ1) is 26.2. The molecule has 0 spiro atoms. The lowest BCUT2D eigenvalue weighted by molar-refractivity contribution is -0.137. The zero-order chi connectivity index (χ0) is 38.6. The fourth-order valence-electron chi connectivity index (χ4n) is 7.39. The van der Waals surface area contributed by atoms with Crippen LogP contribution < -0.4 is 5.32 Å². The molecule has 53 heavy (non-hydrogen) atoms. The van der Waals surface area contributed by atoms with E-state index in [1.807, 2.05) is 6.08 Å². The highest BCUT2D eigenvalue weighted by Crippen LogP contribution is 2.19. The van der Waals surface area contributed by atoms with Crippen molar-refractivity contribution in [2.45, 2.75) is 258 Å². The van der Waals surface area contributed by atoms with E-state index >= 15 is 0 Å². The zero-order valence-electron chi connectivity index (χ0n) is 36.6. The zero-order valence-corrected chi connectivity index (χ0v) is 36.6. The van der Waals surface area contributed by atoms with Crippen molar-refractivity contribution in [2.75, 3.05) is 13.2 Å². The standard InChI is InChI=1S/C50H95NO2/c1-5-9-13-17-21-25-29-35-41-48(42-36-30-26-22-18-14-10-6-2)47-51-49(43-37-31-27-23-19-15-11-7-3)44-38-32-33-39-45-50(52)53-46-40-34-28-24-20-16-12-8-4/h21-22,25-26,39,45,48-49,51H,5-20,23-24,27-38,40-44,46-47H2,1-4H3/b25-21-,26-22-,45-39?. The normalized spacial score (nSPS) is 12.7. The SMILES string of the molecule is CCCCC/C=C\CCCC(CCC/C=C\CCCCC)CNC(CCCCC=CC(=O)OCCCCCCCCCC)CCCCCCCCCC. The quantitative estimate of drug-likeness (QED) is 0.0293. The lowest BCUT2D eigenvalue weighted by atomic mass is 9.94. The second kappa shape index (κ2) is 45.0. The van der Waals surface area contributed by atoms with E-state index in [2.05, 4.69) is 57.3 Å². The minimum Gasteiger partial charge on any atom is -0.463 e. The molecule has 0 radical (unpaired) electrons. The Labute approximate surface area is 333 Å². The predicted molar refractivity (Wildman–Crippen MR) is 238 cm³/mol. The summed E-state index contributed by atoms with van der Waals surface area (Å²) in [7, 11) is 0. The van der Waals surface area contributed by atoms with Crippen molar-refractivity contribution in [1.82, 2.24) is 5.32 Å². The third-order valence-corrected chi connectivity index (χ3v) is 11.0. The lowest BCUT2D eigenvalue weighted by Crippen LogP contribution is -2.33. The average molecular weight is 742 g/mol. The van der Waals surface area contributed by atoms with Gasteiger partial charge in [-0.05, 0) is 109 Å². The fourth-order valence-corrected chi connectivity index (χ4v) is 7.39. The maximum atomic E-state index is 12.2. The number of hydrogen-bond acceptors (Lipinski definition) is 3. The summed E-state index contributed by atoms with van der Waals surface area (Å²) in [6.07, 6.45) is 58.9. The van der Waals surface area contributed by atoms with Gasteiger partial charge in [-0.2, -0.15) is 0 Å². The van der Waals surface area contributed by atoms with Crippen LogP contribution in [0.5, 0.6) is 0 Å². The van der Waals surface area contributed by atoms with Gasteiger partial charge in [-0.15, -0.1) is 0 Å². The van der Waals surface area contributed by atoms with E-state index in [0.717, 1.165) is 25.2 Å². The van der Waals surface area contributed by atoms with E-state index in [-0.39, 0.29) is 5.97 Å². The van der Waals surface area contributed by atoms with Gasteiger partial charge in [0, 0.05) is 12.1 Å². The molecular formula is C50H95NO2. The molecule has 0 bridgehead atoms. The van der Waals surface area contributed by atoms with Crippen molar-refractivity contribution < 1.29 is 9.53 Å². The molecule has 0 aromatic rings. The highest BCUT2D eigenvalue weighted by atomic mass is 16.5. The Morgan fingerprint density at radius 2 is 0.811 bits per heavy atom. The van der Waals surface area contributed by atoms with E-state index < -0.39 is 0 Å². The Balaban J connectivity index is 4.78. The van der Waals surface area contributed by atoms with Crippen LogP contribution in [0.4, 0.5) is 0 Å². The molecule has 312 valence electrons. The molecule has 0 fully saturated rings. The van der Waals surface area contributed by atoms with Crippen LogP contribution in [0, 0.1) is 5.92 Å². The molecule has 3 nitrogen and oxygen atoms in total. The van der Waals surface area contributed by atoms with Crippen molar-refractivity contribution in [3.63, 3.8) is 0 Å². The first-order valence-electron chi connectivity index (χ1n) is 24.0. The molecule has 3 heteroatoms. The third kappa shape index (κ3) is 41.6. The maximum Gasteiger partial charge on any atom is 0.330 e. The first-order valence-corrected chi connectivity index (χ1v) is 24.0. The van der Waals surface area contributed by atoms with Gasteiger partial charge in [0.2, 0.25) is 0 Å². The summed E-state index contributed by atoms with van der Waals surface area (Å²) in [6.45, 7) is 10.9. The van der Waals surface area contributed by atoms with Crippen LogP contribution in [0.3, 0.4) is 0 Å². The molecule has 0 aromatic heterocycles. The summed E-state index contributed by atoms with van der Waals surface area (Å²) in [4.78, 5) is 12.2. The van der Waals surface area contributed by atoms with Gasteiger partial charge in [-0.25, -0.2) is 4.79 Å². The van der Waals surface area contributed by atoms with Gasteiger partial charge < -0.3 is 10.1 Å². The van der Waals surface area contributed by atoms with E-state index in [9.17, 15) is 4.79 Å². The highest BCUT2D eigenvalue weighted by Gasteiger charge is 2.13. The molecule has 0 amide bonds. The second-order valence-corrected chi connectivity index (χ2v) is 16.4. The van der Waals surface area contributed by atoms with Crippen LogP contribution in [0.1, 0.15) is 252 Å². The van der Waals surface area contributed by atoms with Crippen LogP contribution in [-0.2, 0) is 9.53 Å². The van der Waals surface area contributed by atoms with Crippen LogP contribution >= 0.6 is 0 Å².